The van der Waals surface area contributed by atoms with E-state index in [0.717, 1.165) is 63.7 Å². The Morgan fingerprint density at radius 1 is 0.358 bits per heavy atom. The van der Waals surface area contributed by atoms with Crippen molar-refractivity contribution in [2.45, 2.75) is 265 Å². The molecule has 0 aliphatic heterocycles. The van der Waals surface area contributed by atoms with Gasteiger partial charge in [-0.25, -0.2) is 0 Å². The van der Waals surface area contributed by atoms with E-state index in [1.807, 2.05) is 0 Å². The zero-order valence-corrected chi connectivity index (χ0v) is 36.0. The summed E-state index contributed by atoms with van der Waals surface area (Å²) in [7, 11) is 0. The minimum absolute atomic E-state index is 0.0642. The molecule has 314 valence electrons. The van der Waals surface area contributed by atoms with Crippen LogP contribution in [-0.2, 0) is 28.6 Å². The molecule has 0 aliphatic rings. The molecular formula is C47H90O6. The Labute approximate surface area is 329 Å². The van der Waals surface area contributed by atoms with Crippen molar-refractivity contribution < 1.29 is 28.6 Å². The van der Waals surface area contributed by atoms with Gasteiger partial charge in [0.1, 0.15) is 13.2 Å². The van der Waals surface area contributed by atoms with Gasteiger partial charge in [0.25, 0.3) is 0 Å². The largest absolute Gasteiger partial charge is 0.462 e. The molecule has 1 atom stereocenters. The molecule has 0 aromatic heterocycles. The van der Waals surface area contributed by atoms with Gasteiger partial charge >= 0.3 is 17.9 Å². The van der Waals surface area contributed by atoms with Crippen LogP contribution in [0.1, 0.15) is 259 Å². The second-order valence-corrected chi connectivity index (χ2v) is 16.5. The van der Waals surface area contributed by atoms with Gasteiger partial charge in [0.15, 0.2) is 6.10 Å². The Morgan fingerprint density at radius 2 is 0.623 bits per heavy atom. The minimum atomic E-state index is -0.759. The van der Waals surface area contributed by atoms with Crippen LogP contribution in [-0.4, -0.2) is 37.2 Å². The molecule has 6 heteroatoms. The van der Waals surface area contributed by atoms with E-state index in [4.69, 9.17) is 14.2 Å². The molecule has 0 saturated heterocycles. The molecule has 6 nitrogen and oxygen atoms in total. The molecular weight excluding hydrogens is 661 g/mol. The Kier molecular flexibility index (Phi) is 40.3. The van der Waals surface area contributed by atoms with Gasteiger partial charge in [0, 0.05) is 19.3 Å². The topological polar surface area (TPSA) is 78.9 Å². The number of ether oxygens (including phenoxy) is 3. The first-order chi connectivity index (χ1) is 25.9. The maximum absolute atomic E-state index is 12.7. The average Bonchev–Trinajstić information content (AvgIpc) is 3.14. The van der Waals surface area contributed by atoms with Gasteiger partial charge in [-0.1, -0.05) is 220 Å². The quantitative estimate of drug-likeness (QED) is 0.0351. The number of hydrogen-bond donors (Lipinski definition) is 0. The van der Waals surface area contributed by atoms with Crippen molar-refractivity contribution >= 4 is 17.9 Å². The lowest BCUT2D eigenvalue weighted by molar-refractivity contribution is -0.167. The van der Waals surface area contributed by atoms with E-state index in [1.54, 1.807) is 0 Å². The van der Waals surface area contributed by atoms with Crippen LogP contribution in [0.2, 0.25) is 0 Å². The first-order valence-electron chi connectivity index (χ1n) is 23.4. The molecule has 0 saturated carbocycles. The monoisotopic (exact) mass is 751 g/mol. The summed E-state index contributed by atoms with van der Waals surface area (Å²) in [6.07, 6.45) is 40.9. The zero-order chi connectivity index (χ0) is 38.9. The number of carbonyl (C=O) groups is 3. The highest BCUT2D eigenvalue weighted by molar-refractivity contribution is 5.71. The lowest BCUT2D eigenvalue weighted by Gasteiger charge is -2.18. The molecule has 0 aromatic rings. The molecule has 0 spiro atoms. The van der Waals surface area contributed by atoms with Crippen molar-refractivity contribution in [2.24, 2.45) is 5.92 Å². The molecule has 0 amide bonds. The SMILES string of the molecule is CCCCCCCCCCCCCCCC(=O)OC[C@H](COC(=O)CCCCCCCCCCCCCC)OC(=O)CCCCCCCCCC(C)C. The number of esters is 3. The lowest BCUT2D eigenvalue weighted by atomic mass is 10.0. The number of unbranched alkanes of at least 4 members (excludes halogenated alkanes) is 29. The van der Waals surface area contributed by atoms with Gasteiger partial charge in [0.05, 0.1) is 0 Å². The molecule has 0 N–H and O–H groups in total. The minimum Gasteiger partial charge on any atom is -0.462 e. The van der Waals surface area contributed by atoms with Crippen molar-refractivity contribution in [3.63, 3.8) is 0 Å². The first-order valence-corrected chi connectivity index (χ1v) is 23.4. The van der Waals surface area contributed by atoms with Crippen molar-refractivity contribution in [1.82, 2.24) is 0 Å². The molecule has 0 aromatic carbocycles. The van der Waals surface area contributed by atoms with Crippen LogP contribution in [0, 0.1) is 5.92 Å². The summed E-state index contributed by atoms with van der Waals surface area (Å²) in [5, 5.41) is 0. The van der Waals surface area contributed by atoms with E-state index in [-0.39, 0.29) is 31.1 Å². The van der Waals surface area contributed by atoms with Crippen LogP contribution in [0.5, 0.6) is 0 Å². The van der Waals surface area contributed by atoms with Crippen molar-refractivity contribution in [3.8, 4) is 0 Å². The Bertz CT molecular complexity index is 796. The summed E-state index contributed by atoms with van der Waals surface area (Å²) in [4.78, 5) is 37.7. The Balaban J connectivity index is 4.31. The van der Waals surface area contributed by atoms with Crippen LogP contribution >= 0.6 is 0 Å². The highest BCUT2D eigenvalue weighted by Gasteiger charge is 2.19. The van der Waals surface area contributed by atoms with Gasteiger partial charge in [0.2, 0.25) is 0 Å². The summed E-state index contributed by atoms with van der Waals surface area (Å²) >= 11 is 0. The van der Waals surface area contributed by atoms with Crippen LogP contribution in [0.25, 0.3) is 0 Å². The number of hydrogen-bond acceptors (Lipinski definition) is 6. The van der Waals surface area contributed by atoms with Gasteiger partial charge < -0.3 is 14.2 Å². The fourth-order valence-electron chi connectivity index (χ4n) is 6.98. The van der Waals surface area contributed by atoms with Crippen molar-refractivity contribution in [1.29, 1.82) is 0 Å². The third kappa shape index (κ3) is 41.4. The Morgan fingerprint density at radius 3 is 0.925 bits per heavy atom. The van der Waals surface area contributed by atoms with Crippen LogP contribution in [0.15, 0.2) is 0 Å². The van der Waals surface area contributed by atoms with E-state index in [0.29, 0.717) is 19.3 Å². The molecule has 0 fully saturated rings. The van der Waals surface area contributed by atoms with Crippen LogP contribution in [0.4, 0.5) is 0 Å². The summed E-state index contributed by atoms with van der Waals surface area (Å²) < 4.78 is 16.7. The van der Waals surface area contributed by atoms with Crippen LogP contribution in [0.3, 0.4) is 0 Å². The van der Waals surface area contributed by atoms with E-state index in [1.165, 1.54) is 154 Å². The first kappa shape index (κ1) is 51.4. The summed E-state index contributed by atoms with van der Waals surface area (Å²) in [5.74, 6) is -0.0770. The maximum Gasteiger partial charge on any atom is 0.306 e. The maximum atomic E-state index is 12.7. The van der Waals surface area contributed by atoms with Gasteiger partial charge in [-0.05, 0) is 25.2 Å². The molecule has 0 bridgehead atoms. The third-order valence-electron chi connectivity index (χ3n) is 10.5. The molecule has 0 rings (SSSR count). The second kappa shape index (κ2) is 41.6. The number of carbonyl (C=O) groups excluding carboxylic acids is 3. The summed E-state index contributed by atoms with van der Waals surface area (Å²) in [5.41, 5.74) is 0. The highest BCUT2D eigenvalue weighted by Crippen LogP contribution is 2.16. The lowest BCUT2D eigenvalue weighted by Crippen LogP contribution is -2.30. The van der Waals surface area contributed by atoms with Gasteiger partial charge in [-0.3, -0.25) is 14.4 Å². The summed E-state index contributed by atoms with van der Waals surface area (Å²) in [6.45, 7) is 8.95. The predicted molar refractivity (Wildman–Crippen MR) is 224 cm³/mol. The van der Waals surface area contributed by atoms with E-state index in [2.05, 4.69) is 27.7 Å². The molecule has 0 heterocycles. The highest BCUT2D eigenvalue weighted by atomic mass is 16.6. The third-order valence-corrected chi connectivity index (χ3v) is 10.5. The normalized spacial score (nSPS) is 11.9. The Hall–Kier alpha value is -1.59. The zero-order valence-electron chi connectivity index (χ0n) is 36.0. The number of rotatable bonds is 42. The van der Waals surface area contributed by atoms with Crippen LogP contribution < -0.4 is 0 Å². The van der Waals surface area contributed by atoms with Gasteiger partial charge in [-0.2, -0.15) is 0 Å². The van der Waals surface area contributed by atoms with E-state index < -0.39 is 6.10 Å². The molecule has 53 heavy (non-hydrogen) atoms. The molecule has 0 unspecified atom stereocenters. The summed E-state index contributed by atoms with van der Waals surface area (Å²) in [6, 6.07) is 0. The predicted octanol–water partition coefficient (Wildman–Crippen LogP) is 14.7. The molecule has 0 radical (unpaired) electrons. The smallest absolute Gasteiger partial charge is 0.306 e. The fourth-order valence-corrected chi connectivity index (χ4v) is 6.98. The van der Waals surface area contributed by atoms with Crippen molar-refractivity contribution in [2.75, 3.05) is 13.2 Å². The van der Waals surface area contributed by atoms with Crippen molar-refractivity contribution in [3.05, 3.63) is 0 Å². The fraction of sp³-hybridized carbons (Fsp3) is 0.936. The van der Waals surface area contributed by atoms with E-state index in [9.17, 15) is 14.4 Å². The second-order valence-electron chi connectivity index (χ2n) is 16.5. The van der Waals surface area contributed by atoms with E-state index >= 15 is 0 Å². The van der Waals surface area contributed by atoms with Gasteiger partial charge in [-0.15, -0.1) is 0 Å². The molecule has 0 aliphatic carbocycles. The average molecular weight is 751 g/mol. The standard InChI is InChI=1S/C47H90O6/c1-5-7-9-11-13-15-17-19-21-23-27-31-35-39-46(49)52-42-44(53-47(50)40-36-32-28-24-25-29-33-37-43(3)4)41-51-45(48)38-34-30-26-22-20-18-16-14-12-10-8-6-2/h43-44H,5-42H2,1-4H3/t44-/m0/s1.